The Morgan fingerprint density at radius 2 is 2.05 bits per heavy atom. The zero-order valence-electron chi connectivity index (χ0n) is 10.4. The zero-order valence-corrected chi connectivity index (χ0v) is 11.2. The summed E-state index contributed by atoms with van der Waals surface area (Å²) in [6.07, 6.45) is 4.98. The quantitative estimate of drug-likeness (QED) is 0.925. The molecule has 0 saturated heterocycles. The summed E-state index contributed by atoms with van der Waals surface area (Å²) in [4.78, 5) is 0. The summed E-state index contributed by atoms with van der Waals surface area (Å²) in [6, 6.07) is 7.28. The maximum absolute atomic E-state index is 6.25. The second-order valence-corrected chi connectivity index (χ2v) is 5.19. The Labute approximate surface area is 116 Å². The largest absolute Gasteiger partial charge is 0.489 e. The normalized spacial score (nSPS) is 15.8. The van der Waals surface area contributed by atoms with Gasteiger partial charge in [-0.1, -0.05) is 16.8 Å². The molecule has 0 unspecified atom stereocenters. The van der Waals surface area contributed by atoms with Gasteiger partial charge in [-0.2, -0.15) is 0 Å². The molecule has 19 heavy (non-hydrogen) atoms. The lowest BCUT2D eigenvalue weighted by Gasteiger charge is -2.14. The first-order chi connectivity index (χ1) is 9.22. The summed E-state index contributed by atoms with van der Waals surface area (Å²) in [6.45, 7) is 0. The van der Waals surface area contributed by atoms with Crippen molar-refractivity contribution < 1.29 is 9.26 Å². The van der Waals surface area contributed by atoms with Crippen molar-refractivity contribution in [2.75, 3.05) is 5.73 Å². The third-order valence-electron chi connectivity index (χ3n) is 3.35. The van der Waals surface area contributed by atoms with E-state index in [0.29, 0.717) is 16.8 Å². The molecule has 0 spiro atoms. The predicted molar refractivity (Wildman–Crippen MR) is 74.2 cm³/mol. The van der Waals surface area contributed by atoms with Gasteiger partial charge in [0.1, 0.15) is 11.4 Å². The van der Waals surface area contributed by atoms with Crippen LogP contribution in [0.25, 0.3) is 11.3 Å². The number of nitrogen functional groups attached to an aromatic ring is 1. The molecule has 1 aromatic heterocycles. The highest BCUT2D eigenvalue weighted by molar-refractivity contribution is 6.32. The number of aromatic nitrogens is 1. The third kappa shape index (κ3) is 2.68. The molecule has 0 atom stereocenters. The average molecular weight is 279 g/mol. The molecule has 1 heterocycles. The highest BCUT2D eigenvalue weighted by atomic mass is 35.5. The Morgan fingerprint density at radius 3 is 2.68 bits per heavy atom. The van der Waals surface area contributed by atoms with Crippen LogP contribution in [-0.4, -0.2) is 11.3 Å². The van der Waals surface area contributed by atoms with Crippen LogP contribution in [0, 0.1) is 0 Å². The Kier molecular flexibility index (Phi) is 3.34. The molecule has 1 aromatic carbocycles. The van der Waals surface area contributed by atoms with Crippen LogP contribution in [0.1, 0.15) is 25.7 Å². The lowest BCUT2D eigenvalue weighted by Crippen LogP contribution is -2.11. The number of rotatable bonds is 3. The highest BCUT2D eigenvalue weighted by Crippen LogP contribution is 2.33. The van der Waals surface area contributed by atoms with E-state index >= 15 is 0 Å². The molecule has 3 rings (SSSR count). The maximum atomic E-state index is 6.25. The number of nitrogens with two attached hydrogens (primary N) is 1. The van der Waals surface area contributed by atoms with E-state index in [2.05, 4.69) is 5.16 Å². The van der Waals surface area contributed by atoms with Gasteiger partial charge in [-0.3, -0.25) is 0 Å². The number of hydrogen-bond donors (Lipinski definition) is 1. The summed E-state index contributed by atoms with van der Waals surface area (Å²) < 4.78 is 10.8. The Hall–Kier alpha value is -1.68. The number of hydrogen-bond acceptors (Lipinski definition) is 4. The van der Waals surface area contributed by atoms with E-state index in [1.807, 2.05) is 18.2 Å². The maximum Gasteiger partial charge on any atom is 0.222 e. The SMILES string of the molecule is Nc1cc(-c2ccc(OC3CCCC3)c(Cl)c2)no1. The first-order valence-corrected chi connectivity index (χ1v) is 6.79. The zero-order chi connectivity index (χ0) is 13.2. The lowest BCUT2D eigenvalue weighted by atomic mass is 10.1. The van der Waals surface area contributed by atoms with Crippen LogP contribution in [0.3, 0.4) is 0 Å². The smallest absolute Gasteiger partial charge is 0.222 e. The number of nitrogens with zero attached hydrogens (tertiary/aromatic N) is 1. The van der Waals surface area contributed by atoms with Crippen LogP contribution >= 0.6 is 11.6 Å². The fraction of sp³-hybridized carbons (Fsp3) is 0.357. The lowest BCUT2D eigenvalue weighted by molar-refractivity contribution is 0.210. The molecule has 4 nitrogen and oxygen atoms in total. The van der Waals surface area contributed by atoms with Gasteiger partial charge < -0.3 is 15.0 Å². The monoisotopic (exact) mass is 278 g/mol. The minimum atomic E-state index is 0.289. The van der Waals surface area contributed by atoms with Crippen LogP contribution in [0.5, 0.6) is 5.75 Å². The highest BCUT2D eigenvalue weighted by Gasteiger charge is 2.18. The van der Waals surface area contributed by atoms with Gasteiger partial charge in [-0.25, -0.2) is 0 Å². The van der Waals surface area contributed by atoms with Crippen LogP contribution in [0.2, 0.25) is 5.02 Å². The van der Waals surface area contributed by atoms with Gasteiger partial charge in [0.2, 0.25) is 5.88 Å². The van der Waals surface area contributed by atoms with Gasteiger partial charge in [0.15, 0.2) is 0 Å². The van der Waals surface area contributed by atoms with Gasteiger partial charge in [-0.15, -0.1) is 0 Å². The average Bonchev–Trinajstić information content (AvgIpc) is 3.03. The first-order valence-electron chi connectivity index (χ1n) is 6.41. The van der Waals surface area contributed by atoms with Gasteiger partial charge in [0.05, 0.1) is 11.1 Å². The molecular weight excluding hydrogens is 264 g/mol. The number of halogens is 1. The molecule has 0 radical (unpaired) electrons. The van der Waals surface area contributed by atoms with Gasteiger partial charge in [0, 0.05) is 11.6 Å². The molecule has 0 bridgehead atoms. The van der Waals surface area contributed by atoms with E-state index in [1.54, 1.807) is 6.07 Å². The predicted octanol–water partition coefficient (Wildman–Crippen LogP) is 3.90. The van der Waals surface area contributed by atoms with Crippen LogP contribution in [0.15, 0.2) is 28.8 Å². The summed E-state index contributed by atoms with van der Waals surface area (Å²) >= 11 is 6.25. The van der Waals surface area contributed by atoms with Gasteiger partial charge in [-0.05, 0) is 43.9 Å². The van der Waals surface area contributed by atoms with E-state index in [-0.39, 0.29) is 5.88 Å². The van der Waals surface area contributed by atoms with E-state index in [0.717, 1.165) is 24.2 Å². The first kappa shape index (κ1) is 12.4. The summed E-state index contributed by atoms with van der Waals surface area (Å²) in [7, 11) is 0. The van der Waals surface area contributed by atoms with E-state index < -0.39 is 0 Å². The summed E-state index contributed by atoms with van der Waals surface area (Å²) in [5, 5.41) is 4.45. The van der Waals surface area contributed by atoms with Crippen LogP contribution in [0.4, 0.5) is 5.88 Å². The second-order valence-electron chi connectivity index (χ2n) is 4.78. The van der Waals surface area contributed by atoms with Crippen molar-refractivity contribution in [3.8, 4) is 17.0 Å². The Balaban J connectivity index is 1.81. The van der Waals surface area contributed by atoms with E-state index in [9.17, 15) is 0 Å². The molecule has 1 fully saturated rings. The molecule has 2 N–H and O–H groups in total. The third-order valence-corrected chi connectivity index (χ3v) is 3.65. The molecule has 0 aliphatic heterocycles. The summed E-state index contributed by atoms with van der Waals surface area (Å²) in [5.74, 6) is 1.02. The summed E-state index contributed by atoms with van der Waals surface area (Å²) in [5.41, 5.74) is 7.04. The van der Waals surface area contributed by atoms with Crippen molar-refractivity contribution in [3.63, 3.8) is 0 Å². The minimum absolute atomic E-state index is 0.289. The molecular formula is C14H15ClN2O2. The molecule has 100 valence electrons. The van der Waals surface area contributed by atoms with Crippen molar-refractivity contribution >= 4 is 17.5 Å². The van der Waals surface area contributed by atoms with Gasteiger partial charge >= 0.3 is 0 Å². The van der Waals surface area contributed by atoms with E-state index in [4.69, 9.17) is 26.6 Å². The fourth-order valence-electron chi connectivity index (χ4n) is 2.37. The second kappa shape index (κ2) is 5.13. The number of anilines is 1. The van der Waals surface area contributed by atoms with Crippen LogP contribution < -0.4 is 10.5 Å². The number of benzene rings is 1. The molecule has 1 saturated carbocycles. The standard InChI is InChI=1S/C14H15ClN2O2/c15-11-7-9(12-8-14(16)19-17-12)5-6-13(11)18-10-3-1-2-4-10/h5-8,10H,1-4,16H2. The Morgan fingerprint density at radius 1 is 1.26 bits per heavy atom. The van der Waals surface area contributed by atoms with Crippen molar-refractivity contribution in [1.82, 2.24) is 5.16 Å². The fourth-order valence-corrected chi connectivity index (χ4v) is 2.59. The van der Waals surface area contributed by atoms with Crippen molar-refractivity contribution in [2.24, 2.45) is 0 Å². The van der Waals surface area contributed by atoms with E-state index in [1.165, 1.54) is 12.8 Å². The topological polar surface area (TPSA) is 61.3 Å². The van der Waals surface area contributed by atoms with Gasteiger partial charge in [0.25, 0.3) is 0 Å². The molecule has 0 amide bonds. The van der Waals surface area contributed by atoms with Crippen molar-refractivity contribution in [2.45, 2.75) is 31.8 Å². The number of ether oxygens (including phenoxy) is 1. The van der Waals surface area contributed by atoms with Crippen LogP contribution in [-0.2, 0) is 0 Å². The molecule has 2 aromatic rings. The molecule has 1 aliphatic rings. The van der Waals surface area contributed by atoms with Crippen molar-refractivity contribution in [1.29, 1.82) is 0 Å². The molecule has 1 aliphatic carbocycles. The minimum Gasteiger partial charge on any atom is -0.489 e. The Bertz CT molecular complexity index is 577. The molecule has 5 heteroatoms. The van der Waals surface area contributed by atoms with Crippen molar-refractivity contribution in [3.05, 3.63) is 29.3 Å².